The summed E-state index contributed by atoms with van der Waals surface area (Å²) in [5.74, 6) is -0.275. The van der Waals surface area contributed by atoms with Gasteiger partial charge in [-0.15, -0.1) is 0 Å². The first-order valence-corrected chi connectivity index (χ1v) is 5.92. The Morgan fingerprint density at radius 1 is 1.11 bits per heavy atom. The summed E-state index contributed by atoms with van der Waals surface area (Å²) in [6.45, 7) is 3.64. The second-order valence-electron chi connectivity index (χ2n) is 4.26. The van der Waals surface area contributed by atoms with Crippen molar-refractivity contribution in [3.63, 3.8) is 0 Å². The molecule has 0 aliphatic carbocycles. The molecule has 1 nitrogen and oxygen atoms in total. The van der Waals surface area contributed by atoms with Gasteiger partial charge in [-0.05, 0) is 66.4 Å². The molecule has 0 bridgehead atoms. The molecule has 0 spiro atoms. The highest BCUT2D eigenvalue weighted by Crippen LogP contribution is 2.32. The highest BCUT2D eigenvalue weighted by atomic mass is 35.5. The summed E-state index contributed by atoms with van der Waals surface area (Å²) in [5, 5.41) is 0.554. The molecule has 0 atom stereocenters. The van der Waals surface area contributed by atoms with Crippen LogP contribution in [0.3, 0.4) is 0 Å². The quantitative estimate of drug-likeness (QED) is 0.724. The maximum absolute atomic E-state index is 13.3. The van der Waals surface area contributed by atoms with Crippen LogP contribution in [0.1, 0.15) is 21.5 Å². The monoisotopic (exact) mass is 262 g/mol. The normalized spacial score (nSPS) is 10.4. The Bertz CT molecular complexity index is 597. The van der Waals surface area contributed by atoms with E-state index in [9.17, 15) is 9.18 Å². The summed E-state index contributed by atoms with van der Waals surface area (Å²) in [5.41, 5.74) is 3.74. The van der Waals surface area contributed by atoms with E-state index in [4.69, 9.17) is 11.6 Å². The molecule has 0 saturated heterocycles. The lowest BCUT2D eigenvalue weighted by molar-refractivity contribution is 0.112. The Morgan fingerprint density at radius 3 is 2.28 bits per heavy atom. The van der Waals surface area contributed by atoms with Gasteiger partial charge < -0.3 is 0 Å². The van der Waals surface area contributed by atoms with Crippen molar-refractivity contribution < 1.29 is 9.18 Å². The van der Waals surface area contributed by atoms with E-state index < -0.39 is 0 Å². The minimum absolute atomic E-state index is 0.275. The van der Waals surface area contributed by atoms with Gasteiger partial charge in [0.05, 0.1) is 0 Å². The predicted molar refractivity (Wildman–Crippen MR) is 71.7 cm³/mol. The number of carbonyl (C=O) groups excluding carboxylic acids is 1. The molecule has 2 aromatic carbocycles. The summed E-state index contributed by atoms with van der Waals surface area (Å²) in [4.78, 5) is 11.1. The zero-order valence-electron chi connectivity index (χ0n) is 10.1. The van der Waals surface area contributed by atoms with Crippen LogP contribution in [0.2, 0.25) is 5.02 Å². The molecular formula is C15H12ClFO. The molecule has 0 aliphatic rings. The maximum atomic E-state index is 13.3. The largest absolute Gasteiger partial charge is 0.298 e. The van der Waals surface area contributed by atoms with Gasteiger partial charge in [0.1, 0.15) is 5.82 Å². The average Bonchev–Trinajstić information content (AvgIpc) is 2.28. The van der Waals surface area contributed by atoms with Gasteiger partial charge in [0.2, 0.25) is 0 Å². The lowest BCUT2D eigenvalue weighted by Crippen LogP contribution is -1.94. The van der Waals surface area contributed by atoms with E-state index in [0.717, 1.165) is 28.5 Å². The van der Waals surface area contributed by atoms with Crippen LogP contribution in [0.5, 0.6) is 0 Å². The molecule has 2 aromatic rings. The minimum atomic E-state index is -0.275. The number of hydrogen-bond acceptors (Lipinski definition) is 1. The van der Waals surface area contributed by atoms with Crippen LogP contribution in [-0.2, 0) is 0 Å². The van der Waals surface area contributed by atoms with Gasteiger partial charge in [-0.3, -0.25) is 4.79 Å². The van der Waals surface area contributed by atoms with Crippen LogP contribution in [-0.4, -0.2) is 6.29 Å². The zero-order chi connectivity index (χ0) is 13.3. The van der Waals surface area contributed by atoms with E-state index in [1.165, 1.54) is 12.1 Å². The number of hydrogen-bond donors (Lipinski definition) is 0. The third kappa shape index (κ3) is 2.29. The highest BCUT2D eigenvalue weighted by molar-refractivity contribution is 6.31. The molecule has 0 unspecified atom stereocenters. The van der Waals surface area contributed by atoms with Crippen molar-refractivity contribution in [1.29, 1.82) is 0 Å². The zero-order valence-corrected chi connectivity index (χ0v) is 10.9. The van der Waals surface area contributed by atoms with Gasteiger partial charge in [0.25, 0.3) is 0 Å². The SMILES string of the molecule is Cc1cc(F)cc(C)c1-c1cc(Cl)ccc1C=O. The molecule has 0 saturated carbocycles. The highest BCUT2D eigenvalue weighted by Gasteiger charge is 2.12. The molecule has 0 N–H and O–H groups in total. The molecule has 2 rings (SSSR count). The molecule has 3 heteroatoms. The number of halogens is 2. The van der Waals surface area contributed by atoms with Crippen molar-refractivity contribution >= 4 is 17.9 Å². The number of aldehydes is 1. The fourth-order valence-corrected chi connectivity index (χ4v) is 2.36. The van der Waals surface area contributed by atoms with E-state index >= 15 is 0 Å². The Labute approximate surface area is 110 Å². The van der Waals surface area contributed by atoms with E-state index in [-0.39, 0.29) is 5.82 Å². The van der Waals surface area contributed by atoms with Crippen molar-refractivity contribution in [3.05, 3.63) is 57.9 Å². The van der Waals surface area contributed by atoms with Crippen LogP contribution in [0.4, 0.5) is 4.39 Å². The first-order valence-electron chi connectivity index (χ1n) is 5.55. The van der Waals surface area contributed by atoms with Crippen molar-refractivity contribution in [2.45, 2.75) is 13.8 Å². The second kappa shape index (κ2) is 4.91. The Balaban J connectivity index is 2.76. The number of rotatable bonds is 2. The fourth-order valence-electron chi connectivity index (χ4n) is 2.18. The van der Waals surface area contributed by atoms with Gasteiger partial charge in [0, 0.05) is 10.6 Å². The molecule has 92 valence electrons. The Morgan fingerprint density at radius 2 is 1.72 bits per heavy atom. The van der Waals surface area contributed by atoms with Crippen LogP contribution in [0.15, 0.2) is 30.3 Å². The van der Waals surface area contributed by atoms with Gasteiger partial charge in [-0.1, -0.05) is 11.6 Å². The summed E-state index contributed by atoms with van der Waals surface area (Å²) < 4.78 is 13.3. The van der Waals surface area contributed by atoms with Crippen LogP contribution in [0.25, 0.3) is 11.1 Å². The smallest absolute Gasteiger partial charge is 0.150 e. The predicted octanol–water partition coefficient (Wildman–Crippen LogP) is 4.58. The Kier molecular flexibility index (Phi) is 3.48. The lowest BCUT2D eigenvalue weighted by Gasteiger charge is -2.12. The molecule has 0 fully saturated rings. The number of benzene rings is 2. The van der Waals surface area contributed by atoms with Gasteiger partial charge in [0.15, 0.2) is 6.29 Å². The second-order valence-corrected chi connectivity index (χ2v) is 4.70. The maximum Gasteiger partial charge on any atom is 0.150 e. The van der Waals surface area contributed by atoms with E-state index in [1.54, 1.807) is 18.2 Å². The molecule has 18 heavy (non-hydrogen) atoms. The van der Waals surface area contributed by atoms with Crippen molar-refractivity contribution in [1.82, 2.24) is 0 Å². The average molecular weight is 263 g/mol. The Hall–Kier alpha value is -1.67. The third-order valence-corrected chi connectivity index (χ3v) is 3.14. The molecule has 0 amide bonds. The first kappa shape index (κ1) is 12.8. The minimum Gasteiger partial charge on any atom is -0.298 e. The summed E-state index contributed by atoms with van der Waals surface area (Å²) in [6.07, 6.45) is 0.786. The van der Waals surface area contributed by atoms with Crippen molar-refractivity contribution in [3.8, 4) is 11.1 Å². The third-order valence-electron chi connectivity index (χ3n) is 2.91. The van der Waals surface area contributed by atoms with E-state index in [2.05, 4.69) is 0 Å². The first-order chi connectivity index (χ1) is 8.52. The summed E-state index contributed by atoms with van der Waals surface area (Å²) in [7, 11) is 0. The fraction of sp³-hybridized carbons (Fsp3) is 0.133. The summed E-state index contributed by atoms with van der Waals surface area (Å²) >= 11 is 5.97. The standard InChI is InChI=1S/C15H12ClFO/c1-9-5-13(17)6-10(2)15(9)14-7-12(16)4-3-11(14)8-18/h3-8H,1-2H3. The van der Waals surface area contributed by atoms with Crippen molar-refractivity contribution in [2.24, 2.45) is 0 Å². The van der Waals surface area contributed by atoms with Crippen LogP contribution in [0, 0.1) is 19.7 Å². The van der Waals surface area contributed by atoms with Gasteiger partial charge in [-0.25, -0.2) is 4.39 Å². The van der Waals surface area contributed by atoms with Gasteiger partial charge in [-0.2, -0.15) is 0 Å². The van der Waals surface area contributed by atoms with Crippen molar-refractivity contribution in [2.75, 3.05) is 0 Å². The number of carbonyl (C=O) groups is 1. The molecule has 0 aliphatic heterocycles. The lowest BCUT2D eigenvalue weighted by atomic mass is 9.92. The molecule has 0 aromatic heterocycles. The van der Waals surface area contributed by atoms with E-state index in [1.807, 2.05) is 13.8 Å². The van der Waals surface area contributed by atoms with Crippen LogP contribution >= 0.6 is 11.6 Å². The van der Waals surface area contributed by atoms with Crippen LogP contribution < -0.4 is 0 Å². The van der Waals surface area contributed by atoms with E-state index in [0.29, 0.717) is 10.6 Å². The molecular weight excluding hydrogens is 251 g/mol. The molecule has 0 heterocycles. The summed E-state index contributed by atoms with van der Waals surface area (Å²) in [6, 6.07) is 7.99. The van der Waals surface area contributed by atoms with Gasteiger partial charge >= 0.3 is 0 Å². The molecule has 0 radical (unpaired) electrons. The number of aryl methyl sites for hydroxylation is 2. The topological polar surface area (TPSA) is 17.1 Å².